The van der Waals surface area contributed by atoms with E-state index in [4.69, 9.17) is 23.0 Å². The van der Waals surface area contributed by atoms with Crippen molar-refractivity contribution in [2.24, 2.45) is 0 Å². The van der Waals surface area contributed by atoms with Gasteiger partial charge in [-0.25, -0.2) is 0 Å². The van der Waals surface area contributed by atoms with Gasteiger partial charge < -0.3 is 43.5 Å². The molecular weight excluding hydrogens is 440 g/mol. The van der Waals surface area contributed by atoms with E-state index in [0.717, 1.165) is 12.1 Å². The van der Waals surface area contributed by atoms with E-state index < -0.39 is 53.0 Å². The van der Waals surface area contributed by atoms with Crippen LogP contribution in [0.3, 0.4) is 0 Å². The summed E-state index contributed by atoms with van der Waals surface area (Å²) in [5.41, 5.74) is -1.51. The highest BCUT2D eigenvalue weighted by molar-refractivity contribution is 5.58. The molecule has 0 saturated heterocycles. The largest absolute Gasteiger partial charge is 0.502 e. The van der Waals surface area contributed by atoms with Crippen molar-refractivity contribution < 1.29 is 43.5 Å². The van der Waals surface area contributed by atoms with Crippen molar-refractivity contribution in [3.8, 4) is 28.7 Å². The lowest BCUT2D eigenvalue weighted by atomic mass is 9.91. The third kappa shape index (κ3) is 3.99. The van der Waals surface area contributed by atoms with Crippen LogP contribution in [0.25, 0.3) is 0 Å². The molecule has 174 valence electrons. The molecule has 3 heterocycles. The predicted octanol–water partition coefficient (Wildman–Crippen LogP) is 0.949. The van der Waals surface area contributed by atoms with Crippen LogP contribution in [0, 0.1) is 0 Å². The van der Waals surface area contributed by atoms with Crippen LogP contribution in [0.1, 0.15) is 34.5 Å². The molecule has 0 aliphatic carbocycles. The van der Waals surface area contributed by atoms with Crippen molar-refractivity contribution in [1.82, 2.24) is 0 Å². The first kappa shape index (κ1) is 22.2. The van der Waals surface area contributed by atoms with Crippen LogP contribution in [0.4, 0.5) is 0 Å². The summed E-state index contributed by atoms with van der Waals surface area (Å²) in [6.45, 7) is -0.794. The van der Waals surface area contributed by atoms with E-state index in [1.54, 1.807) is 0 Å². The number of aromatic hydroxyl groups is 2. The molecule has 1 aliphatic heterocycles. The van der Waals surface area contributed by atoms with Gasteiger partial charge in [-0.15, -0.1) is 0 Å². The average Bonchev–Trinajstić information content (AvgIpc) is 2.83. The predicted molar refractivity (Wildman–Crippen MR) is 110 cm³/mol. The van der Waals surface area contributed by atoms with Crippen molar-refractivity contribution in [1.29, 1.82) is 0 Å². The monoisotopic (exact) mass is 460 g/mol. The highest BCUT2D eigenvalue weighted by Crippen LogP contribution is 2.46. The van der Waals surface area contributed by atoms with Crippen LogP contribution in [0.5, 0.6) is 28.7 Å². The Morgan fingerprint density at radius 2 is 1.42 bits per heavy atom. The minimum absolute atomic E-state index is 0.178. The Labute approximate surface area is 185 Å². The van der Waals surface area contributed by atoms with Gasteiger partial charge in [0, 0.05) is 12.1 Å². The molecule has 3 aromatic rings. The number of fused-ring (bicyclic) bond motifs is 1. The Kier molecular flexibility index (Phi) is 5.99. The number of benzene rings is 1. The minimum atomic E-state index is -1.38. The number of rotatable bonds is 6. The molecule has 4 rings (SSSR count). The van der Waals surface area contributed by atoms with Gasteiger partial charge in [-0.3, -0.25) is 9.59 Å². The second kappa shape index (κ2) is 8.88. The molecule has 11 nitrogen and oxygen atoms in total. The molecule has 0 amide bonds. The maximum Gasteiger partial charge on any atom is 0.227 e. The van der Waals surface area contributed by atoms with Gasteiger partial charge in [0.25, 0.3) is 0 Å². The molecule has 33 heavy (non-hydrogen) atoms. The summed E-state index contributed by atoms with van der Waals surface area (Å²) < 4.78 is 27.7. The average molecular weight is 460 g/mol. The van der Waals surface area contributed by atoms with Gasteiger partial charge in [0.15, 0.2) is 23.0 Å². The topological polar surface area (TPSA) is 169 Å². The molecule has 11 heteroatoms. The normalized spacial score (nSPS) is 12.7. The molecule has 0 saturated carbocycles. The quantitative estimate of drug-likeness (QED) is 0.413. The molecule has 0 fully saturated rings. The van der Waals surface area contributed by atoms with Crippen molar-refractivity contribution in [3.63, 3.8) is 0 Å². The lowest BCUT2D eigenvalue weighted by molar-refractivity contribution is 0.164. The molecule has 1 aliphatic rings. The van der Waals surface area contributed by atoms with Gasteiger partial charge in [0.1, 0.15) is 43.9 Å². The molecule has 0 bridgehead atoms. The molecular formula is C22H20O11. The third-order valence-electron chi connectivity index (χ3n) is 5.02. The summed E-state index contributed by atoms with van der Waals surface area (Å²) in [5.74, 6) is -3.43. The zero-order valence-electron chi connectivity index (χ0n) is 17.4. The molecule has 2 aromatic heterocycles. The fourth-order valence-corrected chi connectivity index (χ4v) is 3.54. The smallest absolute Gasteiger partial charge is 0.227 e. The van der Waals surface area contributed by atoms with Crippen LogP contribution in [0.15, 0.2) is 42.7 Å². The molecule has 4 N–H and O–H groups in total. The van der Waals surface area contributed by atoms with Gasteiger partial charge in [-0.1, -0.05) is 0 Å². The van der Waals surface area contributed by atoms with Crippen molar-refractivity contribution in [2.75, 3.05) is 20.3 Å². The number of aliphatic hydroxyl groups is 2. The van der Waals surface area contributed by atoms with Crippen LogP contribution >= 0.6 is 0 Å². The molecule has 1 aromatic carbocycles. The highest BCUT2D eigenvalue weighted by Gasteiger charge is 2.33. The Morgan fingerprint density at radius 3 is 1.94 bits per heavy atom. The SMILES string of the molecule is COc1cc(C(c2oc(CO)cc(=O)c2O)c2oc(CO)cc(=O)c2O)cc2c1OCCO2. The van der Waals surface area contributed by atoms with E-state index in [0.29, 0.717) is 5.75 Å². The standard InChI is InChI=1S/C22H20O11/c1-29-15-4-10(5-16-20(15)31-3-2-30-16)17(21-18(27)13(25)6-11(8-23)32-21)22-19(28)14(26)7-12(9-24)33-22/h4-7,17,23-24,27-28H,2-3,8-9H2,1H3. The van der Waals surface area contributed by atoms with E-state index in [9.17, 15) is 30.0 Å². The van der Waals surface area contributed by atoms with E-state index in [1.807, 2.05) is 0 Å². The zero-order valence-corrected chi connectivity index (χ0v) is 17.4. The Hall–Kier alpha value is -3.96. The van der Waals surface area contributed by atoms with Crippen molar-refractivity contribution in [2.45, 2.75) is 19.1 Å². The second-order valence-corrected chi connectivity index (χ2v) is 7.08. The zero-order chi connectivity index (χ0) is 23.7. The summed E-state index contributed by atoms with van der Waals surface area (Å²) in [5, 5.41) is 40.1. The summed E-state index contributed by atoms with van der Waals surface area (Å²) in [6, 6.07) is 4.76. The molecule has 0 unspecified atom stereocenters. The van der Waals surface area contributed by atoms with Crippen LogP contribution in [-0.4, -0.2) is 40.7 Å². The molecule has 0 spiro atoms. The van der Waals surface area contributed by atoms with E-state index in [2.05, 4.69) is 0 Å². The number of methoxy groups -OCH3 is 1. The number of hydrogen-bond donors (Lipinski definition) is 4. The Balaban J connectivity index is 2.07. The number of hydrogen-bond acceptors (Lipinski definition) is 11. The summed E-state index contributed by atoms with van der Waals surface area (Å²) in [4.78, 5) is 24.7. The van der Waals surface area contributed by atoms with Crippen LogP contribution in [0.2, 0.25) is 0 Å². The highest BCUT2D eigenvalue weighted by atomic mass is 16.6. The first-order chi connectivity index (χ1) is 15.9. The Bertz CT molecular complexity index is 1220. The number of aliphatic hydroxyl groups excluding tert-OH is 2. The van der Waals surface area contributed by atoms with Gasteiger partial charge in [-0.05, 0) is 17.7 Å². The fourth-order valence-electron chi connectivity index (χ4n) is 3.54. The lowest BCUT2D eigenvalue weighted by Crippen LogP contribution is -2.18. The van der Waals surface area contributed by atoms with Gasteiger partial charge in [0.05, 0.1) is 7.11 Å². The fraction of sp³-hybridized carbons (Fsp3) is 0.273. The van der Waals surface area contributed by atoms with Gasteiger partial charge >= 0.3 is 0 Å². The van der Waals surface area contributed by atoms with Crippen LogP contribution < -0.4 is 25.1 Å². The van der Waals surface area contributed by atoms with E-state index in [-0.39, 0.29) is 41.8 Å². The van der Waals surface area contributed by atoms with Crippen molar-refractivity contribution >= 4 is 0 Å². The lowest BCUT2D eigenvalue weighted by Gasteiger charge is -2.24. The summed E-state index contributed by atoms with van der Waals surface area (Å²) in [7, 11) is 1.39. The van der Waals surface area contributed by atoms with E-state index in [1.165, 1.54) is 19.2 Å². The van der Waals surface area contributed by atoms with Crippen LogP contribution in [-0.2, 0) is 13.2 Å². The minimum Gasteiger partial charge on any atom is -0.502 e. The second-order valence-electron chi connectivity index (χ2n) is 7.08. The first-order valence-electron chi connectivity index (χ1n) is 9.78. The Morgan fingerprint density at radius 1 is 0.879 bits per heavy atom. The molecule has 0 atom stereocenters. The summed E-state index contributed by atoms with van der Waals surface area (Å²) >= 11 is 0. The maximum atomic E-state index is 12.3. The van der Waals surface area contributed by atoms with Gasteiger partial charge in [-0.2, -0.15) is 0 Å². The summed E-state index contributed by atoms with van der Waals surface area (Å²) in [6.07, 6.45) is 0. The first-order valence-corrected chi connectivity index (χ1v) is 9.78. The van der Waals surface area contributed by atoms with E-state index >= 15 is 0 Å². The third-order valence-corrected chi connectivity index (χ3v) is 5.02. The van der Waals surface area contributed by atoms with Gasteiger partial charge in [0.2, 0.25) is 28.1 Å². The maximum absolute atomic E-state index is 12.3. The molecule has 0 radical (unpaired) electrons. The number of ether oxygens (including phenoxy) is 3. The van der Waals surface area contributed by atoms with Crippen molar-refractivity contribution in [3.05, 3.63) is 73.3 Å².